The number of rotatable bonds is 6. The molecule has 0 atom stereocenters. The number of sulfone groups is 1. The zero-order chi connectivity index (χ0) is 19.6. The summed E-state index contributed by atoms with van der Waals surface area (Å²) < 4.78 is 27.1. The van der Waals surface area contributed by atoms with Crippen LogP contribution in [-0.4, -0.2) is 20.5 Å². The number of benzene rings is 2. The maximum Gasteiger partial charge on any atom is 0.208 e. The van der Waals surface area contributed by atoms with E-state index in [1.54, 1.807) is 18.2 Å². The summed E-state index contributed by atoms with van der Waals surface area (Å²) in [5.41, 5.74) is 8.61. The van der Waals surface area contributed by atoms with Crippen molar-refractivity contribution in [3.8, 4) is 11.1 Å². The third-order valence-electron chi connectivity index (χ3n) is 4.25. The van der Waals surface area contributed by atoms with Gasteiger partial charge in [0, 0.05) is 0 Å². The number of nitrogen functional groups attached to an aromatic ring is 1. The van der Waals surface area contributed by atoms with Gasteiger partial charge in [-0.25, -0.2) is 8.42 Å². The summed E-state index contributed by atoms with van der Waals surface area (Å²) in [7, 11) is -3.70. The van der Waals surface area contributed by atoms with E-state index in [0.29, 0.717) is 9.09 Å². The number of thioether (sulfide) groups is 1. The second-order valence-electron chi connectivity index (χ2n) is 5.96. The van der Waals surface area contributed by atoms with E-state index in [9.17, 15) is 8.42 Å². The van der Waals surface area contributed by atoms with Crippen molar-refractivity contribution in [3.63, 3.8) is 0 Å². The Morgan fingerprint density at radius 2 is 1.81 bits per heavy atom. The van der Waals surface area contributed by atoms with Crippen molar-refractivity contribution in [2.24, 2.45) is 5.73 Å². The fourth-order valence-electron chi connectivity index (χ4n) is 2.72. The number of amidine groups is 1. The lowest BCUT2D eigenvalue weighted by Crippen LogP contribution is -2.08. The summed E-state index contributed by atoms with van der Waals surface area (Å²) in [5.74, 6) is -0.124. The van der Waals surface area contributed by atoms with Crippen molar-refractivity contribution >= 4 is 38.8 Å². The summed E-state index contributed by atoms with van der Waals surface area (Å²) in [6, 6.07) is 16.6. The highest BCUT2D eigenvalue weighted by Crippen LogP contribution is 2.37. The summed E-state index contributed by atoms with van der Waals surface area (Å²) in [6.45, 7) is 2.10. The normalized spacial score (nSPS) is 11.5. The van der Waals surface area contributed by atoms with Crippen LogP contribution in [0.3, 0.4) is 0 Å². The van der Waals surface area contributed by atoms with Crippen molar-refractivity contribution in [1.29, 1.82) is 5.41 Å². The fraction of sp³-hybridized carbons (Fsp3) is 0.150. The first-order valence-electron chi connectivity index (χ1n) is 8.33. The van der Waals surface area contributed by atoms with E-state index in [1.807, 2.05) is 24.5 Å². The predicted molar refractivity (Wildman–Crippen MR) is 114 cm³/mol. The van der Waals surface area contributed by atoms with E-state index in [-0.39, 0.29) is 15.6 Å². The number of aryl methyl sites for hydroxylation is 1. The lowest BCUT2D eigenvalue weighted by Gasteiger charge is -2.08. The molecule has 7 heteroatoms. The minimum atomic E-state index is -3.70. The average molecular weight is 417 g/mol. The summed E-state index contributed by atoms with van der Waals surface area (Å²) in [6.07, 6.45) is 2.78. The first-order valence-corrected chi connectivity index (χ1v) is 11.9. The minimum absolute atomic E-state index is 0.124. The second-order valence-corrected chi connectivity index (χ2v) is 10.0. The molecule has 3 N–H and O–H groups in total. The molecule has 3 rings (SSSR count). The highest BCUT2D eigenvalue weighted by atomic mass is 32.2. The molecule has 0 aliphatic heterocycles. The molecule has 0 aliphatic rings. The van der Waals surface area contributed by atoms with Gasteiger partial charge in [-0.1, -0.05) is 43.3 Å². The van der Waals surface area contributed by atoms with E-state index in [4.69, 9.17) is 11.1 Å². The van der Waals surface area contributed by atoms with Gasteiger partial charge >= 0.3 is 0 Å². The second kappa shape index (κ2) is 7.88. The smallest absolute Gasteiger partial charge is 0.208 e. The molecule has 2 aromatic carbocycles. The van der Waals surface area contributed by atoms with Crippen LogP contribution in [0.1, 0.15) is 17.4 Å². The summed E-state index contributed by atoms with van der Waals surface area (Å²) >= 11 is 2.58. The van der Waals surface area contributed by atoms with Crippen molar-refractivity contribution < 1.29 is 8.42 Å². The van der Waals surface area contributed by atoms with Crippen LogP contribution in [0.15, 0.2) is 68.6 Å². The number of thiophene rings is 1. The van der Waals surface area contributed by atoms with E-state index >= 15 is 0 Å². The number of nitrogens with two attached hydrogens (primary N) is 1. The largest absolute Gasteiger partial charge is 0.383 e. The average Bonchev–Trinajstić information content (AvgIpc) is 3.14. The van der Waals surface area contributed by atoms with E-state index in [2.05, 4.69) is 19.1 Å². The molecule has 4 nitrogen and oxygen atoms in total. The first-order chi connectivity index (χ1) is 12.9. The van der Waals surface area contributed by atoms with Gasteiger partial charge in [-0.2, -0.15) is 0 Å². The van der Waals surface area contributed by atoms with Gasteiger partial charge < -0.3 is 5.73 Å². The third-order valence-corrected chi connectivity index (χ3v) is 8.58. The van der Waals surface area contributed by atoms with Gasteiger partial charge in [-0.05, 0) is 47.6 Å². The molecular formula is C20H20N2O2S3. The fourth-order valence-corrected chi connectivity index (χ4v) is 6.63. The quantitative estimate of drug-likeness (QED) is 0.343. The van der Waals surface area contributed by atoms with Crippen LogP contribution in [0.25, 0.3) is 11.1 Å². The minimum Gasteiger partial charge on any atom is -0.383 e. The van der Waals surface area contributed by atoms with Crippen LogP contribution in [-0.2, 0) is 16.3 Å². The van der Waals surface area contributed by atoms with Crippen LogP contribution in [0.4, 0.5) is 0 Å². The summed E-state index contributed by atoms with van der Waals surface area (Å²) in [5, 5.41) is 7.59. The lowest BCUT2D eigenvalue weighted by molar-refractivity contribution is 0.595. The highest BCUT2D eigenvalue weighted by molar-refractivity contribution is 8.01. The van der Waals surface area contributed by atoms with Gasteiger partial charge in [-0.3, -0.25) is 5.41 Å². The number of nitrogens with one attached hydrogen (secondary N) is 1. The topological polar surface area (TPSA) is 84.0 Å². The maximum absolute atomic E-state index is 13.2. The zero-order valence-electron chi connectivity index (χ0n) is 15.0. The van der Waals surface area contributed by atoms with Crippen molar-refractivity contribution in [1.82, 2.24) is 0 Å². The Morgan fingerprint density at radius 1 is 1.11 bits per heavy atom. The molecule has 0 amide bonds. The van der Waals surface area contributed by atoms with Crippen LogP contribution in [0.2, 0.25) is 0 Å². The van der Waals surface area contributed by atoms with Gasteiger partial charge in [0.05, 0.1) is 18.9 Å². The number of hydrogen-bond acceptors (Lipinski definition) is 5. The van der Waals surface area contributed by atoms with Crippen molar-refractivity contribution in [2.75, 3.05) is 6.26 Å². The SMILES string of the molecule is CCc1ccc(-c2cccc(S(=O)(=O)c3cc(C(=N)N)sc3SC)c2)cc1. The van der Waals surface area contributed by atoms with Crippen molar-refractivity contribution in [2.45, 2.75) is 27.3 Å². The Kier molecular flexibility index (Phi) is 5.74. The Balaban J connectivity index is 2.06. The highest BCUT2D eigenvalue weighted by Gasteiger charge is 2.25. The third kappa shape index (κ3) is 3.95. The first kappa shape index (κ1) is 19.7. The molecule has 0 saturated heterocycles. The van der Waals surface area contributed by atoms with Crippen LogP contribution in [0, 0.1) is 5.41 Å². The monoisotopic (exact) mass is 416 g/mol. The van der Waals surface area contributed by atoms with Crippen LogP contribution < -0.4 is 5.73 Å². The van der Waals surface area contributed by atoms with Gasteiger partial charge in [-0.15, -0.1) is 23.1 Å². The molecule has 0 spiro atoms. The predicted octanol–water partition coefficient (Wildman–Crippen LogP) is 4.82. The molecule has 3 aromatic rings. The van der Waals surface area contributed by atoms with Crippen molar-refractivity contribution in [3.05, 3.63) is 65.0 Å². The molecule has 0 saturated carbocycles. The standard InChI is InChI=1S/C20H20N2O2S3/c1-3-13-7-9-14(10-8-13)15-5-4-6-16(11-15)27(23,24)18-12-17(19(21)22)26-20(18)25-2/h4-12H,3H2,1-2H3,(H3,21,22). The lowest BCUT2D eigenvalue weighted by atomic mass is 10.0. The van der Waals surface area contributed by atoms with Gasteiger partial charge in [0.25, 0.3) is 0 Å². The van der Waals surface area contributed by atoms with Crippen LogP contribution >= 0.6 is 23.1 Å². The summed E-state index contributed by atoms with van der Waals surface area (Å²) in [4.78, 5) is 0.913. The molecule has 0 fully saturated rings. The number of hydrogen-bond donors (Lipinski definition) is 2. The molecule has 1 aromatic heterocycles. The van der Waals surface area contributed by atoms with E-state index in [0.717, 1.165) is 17.5 Å². The Hall–Kier alpha value is -2.09. The van der Waals surface area contributed by atoms with E-state index in [1.165, 1.54) is 34.7 Å². The molecule has 0 radical (unpaired) electrons. The zero-order valence-corrected chi connectivity index (χ0v) is 17.5. The molecule has 27 heavy (non-hydrogen) atoms. The van der Waals surface area contributed by atoms with Crippen LogP contribution in [0.5, 0.6) is 0 Å². The Morgan fingerprint density at radius 3 is 2.41 bits per heavy atom. The molecule has 1 heterocycles. The maximum atomic E-state index is 13.2. The van der Waals surface area contributed by atoms with Gasteiger partial charge in [0.1, 0.15) is 5.84 Å². The Labute approximate surface area is 167 Å². The van der Waals surface area contributed by atoms with Gasteiger partial charge in [0.15, 0.2) is 0 Å². The van der Waals surface area contributed by atoms with E-state index < -0.39 is 9.84 Å². The van der Waals surface area contributed by atoms with Gasteiger partial charge in [0.2, 0.25) is 9.84 Å². The molecule has 0 bridgehead atoms. The Bertz CT molecular complexity index is 1080. The molecular weight excluding hydrogens is 396 g/mol. The molecule has 140 valence electrons. The molecule has 0 aliphatic carbocycles. The molecule has 0 unspecified atom stereocenters.